The Bertz CT molecular complexity index is 994. The molecular weight excluding hydrogens is 398 g/mol. The average molecular weight is 423 g/mol. The Kier molecular flexibility index (Phi) is 5.79. The number of carbonyl (C=O) groups excluding carboxylic acids is 3. The molecule has 0 aromatic heterocycles. The lowest BCUT2D eigenvalue weighted by molar-refractivity contribution is -0.131. The Labute approximate surface area is 180 Å². The number of amides is 3. The van der Waals surface area contributed by atoms with Gasteiger partial charge in [0.1, 0.15) is 6.04 Å². The van der Waals surface area contributed by atoms with Crippen molar-refractivity contribution in [3.05, 3.63) is 54.1 Å². The van der Waals surface area contributed by atoms with Crippen LogP contribution < -0.4 is 25.0 Å². The second kappa shape index (κ2) is 8.67. The number of rotatable bonds is 6. The van der Waals surface area contributed by atoms with Crippen LogP contribution in [-0.4, -0.2) is 37.1 Å². The van der Waals surface area contributed by atoms with E-state index in [4.69, 9.17) is 9.47 Å². The molecule has 0 bridgehead atoms. The molecule has 0 radical (unpaired) electrons. The van der Waals surface area contributed by atoms with Crippen molar-refractivity contribution < 1.29 is 23.9 Å². The van der Waals surface area contributed by atoms with Crippen molar-refractivity contribution in [2.24, 2.45) is 5.92 Å². The first kappa shape index (κ1) is 20.7. The molecule has 2 aliphatic rings. The van der Waals surface area contributed by atoms with E-state index in [1.807, 2.05) is 37.3 Å². The van der Waals surface area contributed by atoms with E-state index in [1.165, 1.54) is 0 Å². The zero-order valence-corrected chi connectivity index (χ0v) is 17.5. The van der Waals surface area contributed by atoms with Crippen molar-refractivity contribution in [2.75, 3.05) is 18.2 Å². The summed E-state index contributed by atoms with van der Waals surface area (Å²) in [4.78, 5) is 39.3. The van der Waals surface area contributed by atoms with Crippen LogP contribution in [0.1, 0.15) is 31.9 Å². The van der Waals surface area contributed by atoms with Gasteiger partial charge in [-0.3, -0.25) is 14.4 Å². The highest BCUT2D eigenvalue weighted by Crippen LogP contribution is 2.37. The summed E-state index contributed by atoms with van der Waals surface area (Å²) in [7, 11) is 0. The summed E-state index contributed by atoms with van der Waals surface area (Å²) in [5, 5.41) is 5.64. The predicted octanol–water partition coefficient (Wildman–Crippen LogP) is 2.15. The molecule has 0 spiro atoms. The molecule has 2 aliphatic heterocycles. The van der Waals surface area contributed by atoms with E-state index in [9.17, 15) is 14.4 Å². The van der Waals surface area contributed by atoms with Crippen molar-refractivity contribution in [3.8, 4) is 11.5 Å². The van der Waals surface area contributed by atoms with E-state index >= 15 is 0 Å². The molecule has 1 fully saturated rings. The van der Waals surface area contributed by atoms with Crippen LogP contribution in [0.5, 0.6) is 11.5 Å². The SMILES string of the molecule is C[C@H](NC(=O)[C@@H]1CC(=O)N(c2ccc3c(c2)OCO3)C1)C(=O)N[C@H](C)c1ccccc1. The average Bonchev–Trinajstić information content (AvgIpc) is 3.40. The molecule has 8 nitrogen and oxygen atoms in total. The van der Waals surface area contributed by atoms with Gasteiger partial charge in [0.05, 0.1) is 12.0 Å². The number of nitrogens with one attached hydrogen (secondary N) is 2. The third-order valence-electron chi connectivity index (χ3n) is 5.57. The lowest BCUT2D eigenvalue weighted by Gasteiger charge is -2.20. The fourth-order valence-electron chi connectivity index (χ4n) is 3.75. The second-order valence-corrected chi connectivity index (χ2v) is 7.81. The number of hydrogen-bond acceptors (Lipinski definition) is 5. The minimum absolute atomic E-state index is 0.0923. The van der Waals surface area contributed by atoms with Gasteiger partial charge in [0.2, 0.25) is 24.5 Å². The second-order valence-electron chi connectivity index (χ2n) is 7.81. The van der Waals surface area contributed by atoms with Gasteiger partial charge in [-0.25, -0.2) is 0 Å². The van der Waals surface area contributed by atoms with Gasteiger partial charge in [0.25, 0.3) is 0 Å². The van der Waals surface area contributed by atoms with Crippen molar-refractivity contribution in [1.82, 2.24) is 10.6 Å². The molecule has 162 valence electrons. The molecule has 8 heteroatoms. The Morgan fingerprint density at radius 1 is 1.03 bits per heavy atom. The molecule has 31 heavy (non-hydrogen) atoms. The minimum atomic E-state index is -0.714. The molecule has 2 heterocycles. The zero-order valence-electron chi connectivity index (χ0n) is 17.5. The van der Waals surface area contributed by atoms with Crippen LogP contribution in [-0.2, 0) is 14.4 Å². The molecule has 3 atom stereocenters. The maximum atomic E-state index is 12.7. The molecule has 2 aromatic carbocycles. The van der Waals surface area contributed by atoms with Crippen LogP contribution in [0.4, 0.5) is 5.69 Å². The van der Waals surface area contributed by atoms with E-state index < -0.39 is 12.0 Å². The van der Waals surface area contributed by atoms with E-state index in [0.29, 0.717) is 17.2 Å². The number of carbonyl (C=O) groups is 3. The van der Waals surface area contributed by atoms with Crippen molar-refractivity contribution in [3.63, 3.8) is 0 Å². The predicted molar refractivity (Wildman–Crippen MR) is 114 cm³/mol. The van der Waals surface area contributed by atoms with Crippen LogP contribution in [0.25, 0.3) is 0 Å². The summed E-state index contributed by atoms with van der Waals surface area (Å²) in [5.74, 6) is -0.0490. The number of fused-ring (bicyclic) bond motifs is 1. The van der Waals surface area contributed by atoms with Gasteiger partial charge < -0.3 is 25.0 Å². The standard InChI is InChI=1S/C23H25N3O5/c1-14(16-6-4-3-5-7-16)24-22(28)15(2)25-23(29)17-10-21(27)26(12-17)18-8-9-19-20(11-18)31-13-30-19/h3-9,11,14-15,17H,10,12-13H2,1-2H3,(H,24,28)(H,25,29)/t14-,15+,17-/m1/s1. The van der Waals surface area contributed by atoms with E-state index in [1.54, 1.807) is 30.0 Å². The first-order valence-electron chi connectivity index (χ1n) is 10.3. The first-order valence-corrected chi connectivity index (χ1v) is 10.3. The van der Waals surface area contributed by atoms with Gasteiger partial charge in [-0.05, 0) is 31.5 Å². The number of nitrogens with zero attached hydrogens (tertiary/aromatic N) is 1. The van der Waals surface area contributed by atoms with Gasteiger partial charge >= 0.3 is 0 Å². The van der Waals surface area contributed by atoms with Crippen molar-refractivity contribution in [1.29, 1.82) is 0 Å². The Morgan fingerprint density at radius 3 is 2.55 bits per heavy atom. The Hall–Kier alpha value is -3.55. The maximum absolute atomic E-state index is 12.7. The number of hydrogen-bond donors (Lipinski definition) is 2. The monoisotopic (exact) mass is 423 g/mol. The molecular formula is C23H25N3O5. The molecule has 2 N–H and O–H groups in total. The molecule has 2 aromatic rings. The van der Waals surface area contributed by atoms with E-state index in [2.05, 4.69) is 10.6 Å². The summed E-state index contributed by atoms with van der Waals surface area (Å²) in [6.45, 7) is 3.93. The molecule has 0 aliphatic carbocycles. The smallest absolute Gasteiger partial charge is 0.242 e. The molecule has 3 amide bonds. The van der Waals surface area contributed by atoms with Gasteiger partial charge in [-0.15, -0.1) is 0 Å². The van der Waals surface area contributed by atoms with Crippen LogP contribution in [0.2, 0.25) is 0 Å². The molecule has 0 unspecified atom stereocenters. The van der Waals surface area contributed by atoms with Gasteiger partial charge in [0.15, 0.2) is 11.5 Å². The van der Waals surface area contributed by atoms with Crippen LogP contribution >= 0.6 is 0 Å². The molecule has 1 saturated heterocycles. The van der Waals surface area contributed by atoms with Gasteiger partial charge in [0, 0.05) is 24.7 Å². The minimum Gasteiger partial charge on any atom is -0.454 e. The molecule has 4 rings (SSSR count). The first-order chi connectivity index (χ1) is 14.9. The van der Waals surface area contributed by atoms with Crippen LogP contribution in [0, 0.1) is 5.92 Å². The summed E-state index contributed by atoms with van der Waals surface area (Å²) >= 11 is 0. The fraction of sp³-hybridized carbons (Fsp3) is 0.348. The summed E-state index contributed by atoms with van der Waals surface area (Å²) in [6, 6.07) is 14.0. The van der Waals surface area contributed by atoms with Crippen LogP contribution in [0.3, 0.4) is 0 Å². The van der Waals surface area contributed by atoms with Crippen molar-refractivity contribution >= 4 is 23.4 Å². The topological polar surface area (TPSA) is 97.0 Å². The number of ether oxygens (including phenoxy) is 2. The highest BCUT2D eigenvalue weighted by atomic mass is 16.7. The largest absolute Gasteiger partial charge is 0.454 e. The lowest BCUT2D eigenvalue weighted by atomic mass is 10.1. The van der Waals surface area contributed by atoms with Gasteiger partial charge in [-0.1, -0.05) is 30.3 Å². The normalized spacial score (nSPS) is 19.1. The van der Waals surface area contributed by atoms with Gasteiger partial charge in [-0.2, -0.15) is 0 Å². The summed E-state index contributed by atoms with van der Waals surface area (Å²) < 4.78 is 10.7. The number of benzene rings is 2. The maximum Gasteiger partial charge on any atom is 0.242 e. The van der Waals surface area contributed by atoms with Crippen LogP contribution in [0.15, 0.2) is 48.5 Å². The summed E-state index contributed by atoms with van der Waals surface area (Å²) in [5.41, 5.74) is 1.64. The Morgan fingerprint density at radius 2 is 1.77 bits per heavy atom. The van der Waals surface area contributed by atoms with E-state index in [-0.39, 0.29) is 43.5 Å². The third kappa shape index (κ3) is 4.47. The number of anilines is 1. The summed E-state index contributed by atoms with van der Waals surface area (Å²) in [6.07, 6.45) is 0.0923. The van der Waals surface area contributed by atoms with E-state index in [0.717, 1.165) is 5.56 Å². The quantitative estimate of drug-likeness (QED) is 0.742. The highest BCUT2D eigenvalue weighted by Gasteiger charge is 2.36. The zero-order chi connectivity index (χ0) is 22.0. The highest BCUT2D eigenvalue weighted by molar-refractivity contribution is 6.01. The third-order valence-corrected chi connectivity index (χ3v) is 5.57. The Balaban J connectivity index is 1.33. The lowest BCUT2D eigenvalue weighted by Crippen LogP contribution is -2.47. The van der Waals surface area contributed by atoms with Crippen molar-refractivity contribution in [2.45, 2.75) is 32.4 Å². The molecule has 0 saturated carbocycles. The fourth-order valence-corrected chi connectivity index (χ4v) is 3.75.